The lowest BCUT2D eigenvalue weighted by Crippen LogP contribution is -2.31. The van der Waals surface area contributed by atoms with Gasteiger partial charge in [0.25, 0.3) is 0 Å². The van der Waals surface area contributed by atoms with E-state index < -0.39 is 24.0 Å². The largest absolute Gasteiger partial charge is 0.496 e. The lowest BCUT2D eigenvalue weighted by Gasteiger charge is -2.23. The number of para-hydroxylation sites is 1. The smallest absolute Gasteiger partial charge is 0.435 e. The Labute approximate surface area is 120 Å². The summed E-state index contributed by atoms with van der Waals surface area (Å²) in [5.74, 6) is 0.559. The summed E-state index contributed by atoms with van der Waals surface area (Å²) >= 11 is 0. The molecule has 0 radical (unpaired) electrons. The van der Waals surface area contributed by atoms with Gasteiger partial charge in [-0.05, 0) is 19.1 Å². The van der Waals surface area contributed by atoms with E-state index in [-0.39, 0.29) is 0 Å². The Bertz CT molecular complexity index is 608. The zero-order valence-electron chi connectivity index (χ0n) is 11.6. The van der Waals surface area contributed by atoms with Crippen molar-refractivity contribution in [3.8, 4) is 5.75 Å². The zero-order chi connectivity index (χ0) is 15.6. The molecule has 4 nitrogen and oxygen atoms in total. The third-order valence-electron chi connectivity index (χ3n) is 3.14. The van der Waals surface area contributed by atoms with Crippen molar-refractivity contribution in [2.75, 3.05) is 7.11 Å². The molecule has 2 rings (SSSR count). The second-order valence-electron chi connectivity index (χ2n) is 4.72. The molecule has 7 heteroatoms. The van der Waals surface area contributed by atoms with Crippen LogP contribution in [0.2, 0.25) is 0 Å². The Morgan fingerprint density at radius 3 is 2.43 bits per heavy atom. The van der Waals surface area contributed by atoms with E-state index in [1.54, 1.807) is 31.2 Å². The topological polar surface area (TPSA) is 53.1 Å². The molecule has 0 spiro atoms. The standard InChI is InChI=1S/C14H16F3N3O/c1-9(18)13(10-5-3-4-6-11(10)21-2)20-8-7-12(19-20)14(15,16)17/h3-9,13H,18H2,1-2H3. The van der Waals surface area contributed by atoms with Gasteiger partial charge in [0.2, 0.25) is 0 Å². The number of alkyl halides is 3. The maximum Gasteiger partial charge on any atom is 0.435 e. The summed E-state index contributed by atoms with van der Waals surface area (Å²) in [5, 5.41) is 3.61. The van der Waals surface area contributed by atoms with Gasteiger partial charge in [0.05, 0.1) is 13.2 Å². The molecule has 1 heterocycles. The summed E-state index contributed by atoms with van der Waals surface area (Å²) in [4.78, 5) is 0. The van der Waals surface area contributed by atoms with Crippen LogP contribution in [-0.2, 0) is 6.18 Å². The number of aromatic nitrogens is 2. The van der Waals surface area contributed by atoms with Gasteiger partial charge in [-0.2, -0.15) is 18.3 Å². The molecule has 0 aliphatic carbocycles. The van der Waals surface area contributed by atoms with E-state index in [9.17, 15) is 13.2 Å². The van der Waals surface area contributed by atoms with Crippen LogP contribution in [0.15, 0.2) is 36.5 Å². The Balaban J connectivity index is 2.47. The van der Waals surface area contributed by atoms with Gasteiger partial charge in [0, 0.05) is 17.8 Å². The molecular formula is C14H16F3N3O. The number of nitrogens with two attached hydrogens (primary N) is 1. The molecule has 1 aromatic carbocycles. The first kappa shape index (κ1) is 15.4. The summed E-state index contributed by atoms with van der Waals surface area (Å²) in [6.45, 7) is 1.71. The molecular weight excluding hydrogens is 283 g/mol. The average Bonchev–Trinajstić information content (AvgIpc) is 2.88. The summed E-state index contributed by atoms with van der Waals surface area (Å²) in [7, 11) is 1.50. The van der Waals surface area contributed by atoms with Crippen LogP contribution in [0.3, 0.4) is 0 Å². The van der Waals surface area contributed by atoms with Crippen LogP contribution in [0.4, 0.5) is 13.2 Å². The quantitative estimate of drug-likeness (QED) is 0.944. The third kappa shape index (κ3) is 3.18. The van der Waals surface area contributed by atoms with Crippen LogP contribution >= 0.6 is 0 Å². The number of halogens is 3. The molecule has 0 aliphatic heterocycles. The van der Waals surface area contributed by atoms with Gasteiger partial charge < -0.3 is 10.5 Å². The van der Waals surface area contributed by atoms with Crippen LogP contribution in [0.25, 0.3) is 0 Å². The van der Waals surface area contributed by atoms with Crippen molar-refractivity contribution >= 4 is 0 Å². The molecule has 0 saturated carbocycles. The third-order valence-corrected chi connectivity index (χ3v) is 3.14. The van der Waals surface area contributed by atoms with Crippen LogP contribution in [0.5, 0.6) is 5.75 Å². The monoisotopic (exact) mass is 299 g/mol. The highest BCUT2D eigenvalue weighted by Crippen LogP contribution is 2.32. The van der Waals surface area contributed by atoms with Crippen molar-refractivity contribution in [2.45, 2.75) is 25.2 Å². The maximum absolute atomic E-state index is 12.7. The van der Waals surface area contributed by atoms with Crippen molar-refractivity contribution in [1.82, 2.24) is 9.78 Å². The molecule has 1 aromatic heterocycles. The first-order valence-electron chi connectivity index (χ1n) is 6.35. The molecule has 2 aromatic rings. The molecule has 2 atom stereocenters. The molecule has 0 bridgehead atoms. The van der Waals surface area contributed by atoms with Gasteiger partial charge in [0.15, 0.2) is 5.69 Å². The molecule has 114 valence electrons. The molecule has 0 amide bonds. The second kappa shape index (κ2) is 5.77. The number of hydrogen-bond donors (Lipinski definition) is 1. The normalized spacial score (nSPS) is 14.8. The van der Waals surface area contributed by atoms with Gasteiger partial charge in [-0.25, -0.2) is 0 Å². The van der Waals surface area contributed by atoms with E-state index in [0.717, 1.165) is 6.07 Å². The highest BCUT2D eigenvalue weighted by molar-refractivity contribution is 5.37. The summed E-state index contributed by atoms with van der Waals surface area (Å²) in [6.07, 6.45) is -3.20. The number of rotatable bonds is 4. The van der Waals surface area contributed by atoms with E-state index in [4.69, 9.17) is 10.5 Å². The average molecular weight is 299 g/mol. The van der Waals surface area contributed by atoms with Gasteiger partial charge in [-0.15, -0.1) is 0 Å². The molecule has 2 N–H and O–H groups in total. The fraction of sp³-hybridized carbons (Fsp3) is 0.357. The minimum Gasteiger partial charge on any atom is -0.496 e. The van der Waals surface area contributed by atoms with Gasteiger partial charge in [0.1, 0.15) is 5.75 Å². The Morgan fingerprint density at radius 2 is 1.90 bits per heavy atom. The van der Waals surface area contributed by atoms with Crippen LogP contribution in [0.1, 0.15) is 24.2 Å². The molecule has 0 saturated heterocycles. The number of methoxy groups -OCH3 is 1. The fourth-order valence-electron chi connectivity index (χ4n) is 2.22. The fourth-order valence-corrected chi connectivity index (χ4v) is 2.22. The number of nitrogens with zero attached hydrogens (tertiary/aromatic N) is 2. The Kier molecular flexibility index (Phi) is 4.22. The van der Waals surface area contributed by atoms with Crippen LogP contribution in [-0.4, -0.2) is 22.9 Å². The maximum atomic E-state index is 12.7. The van der Waals surface area contributed by atoms with E-state index in [0.29, 0.717) is 11.3 Å². The van der Waals surface area contributed by atoms with Crippen molar-refractivity contribution in [1.29, 1.82) is 0 Å². The van der Waals surface area contributed by atoms with Crippen molar-refractivity contribution in [2.24, 2.45) is 5.73 Å². The minimum absolute atomic E-state index is 0.442. The van der Waals surface area contributed by atoms with Gasteiger partial charge in [-0.1, -0.05) is 18.2 Å². The van der Waals surface area contributed by atoms with Gasteiger partial charge in [-0.3, -0.25) is 4.68 Å². The van der Waals surface area contributed by atoms with E-state index in [1.807, 2.05) is 0 Å². The summed E-state index contributed by atoms with van der Waals surface area (Å²) in [6, 6.07) is 7.01. The van der Waals surface area contributed by atoms with E-state index in [1.165, 1.54) is 18.0 Å². The molecule has 0 aliphatic rings. The predicted molar refractivity (Wildman–Crippen MR) is 72.0 cm³/mol. The highest BCUT2D eigenvalue weighted by atomic mass is 19.4. The van der Waals surface area contributed by atoms with Gasteiger partial charge >= 0.3 is 6.18 Å². The first-order valence-corrected chi connectivity index (χ1v) is 6.35. The predicted octanol–water partition coefficient (Wildman–Crippen LogP) is 2.85. The van der Waals surface area contributed by atoms with E-state index >= 15 is 0 Å². The molecule has 21 heavy (non-hydrogen) atoms. The molecule has 2 unspecified atom stereocenters. The van der Waals surface area contributed by atoms with Crippen molar-refractivity contribution in [3.05, 3.63) is 47.8 Å². The lowest BCUT2D eigenvalue weighted by atomic mass is 10.0. The van der Waals surface area contributed by atoms with E-state index in [2.05, 4.69) is 5.10 Å². The lowest BCUT2D eigenvalue weighted by molar-refractivity contribution is -0.141. The zero-order valence-corrected chi connectivity index (χ0v) is 11.6. The molecule has 0 fully saturated rings. The SMILES string of the molecule is COc1ccccc1C(C(C)N)n1ccc(C(F)(F)F)n1. The first-order chi connectivity index (χ1) is 9.84. The van der Waals surface area contributed by atoms with Crippen molar-refractivity contribution < 1.29 is 17.9 Å². The Hall–Kier alpha value is -2.02. The number of benzene rings is 1. The number of ether oxygens (including phenoxy) is 1. The minimum atomic E-state index is -4.48. The highest BCUT2D eigenvalue weighted by Gasteiger charge is 2.34. The second-order valence-corrected chi connectivity index (χ2v) is 4.72. The van der Waals surface area contributed by atoms with Crippen molar-refractivity contribution in [3.63, 3.8) is 0 Å². The summed E-state index contributed by atoms with van der Waals surface area (Å²) in [5.41, 5.74) is 5.69. The summed E-state index contributed by atoms with van der Waals surface area (Å²) < 4.78 is 44.5. The number of hydrogen-bond acceptors (Lipinski definition) is 3. The van der Waals surface area contributed by atoms with Crippen LogP contribution in [0, 0.1) is 0 Å². The van der Waals surface area contributed by atoms with Crippen LogP contribution < -0.4 is 10.5 Å². The Morgan fingerprint density at radius 1 is 1.24 bits per heavy atom.